The molecule has 0 unspecified atom stereocenters. The minimum Gasteiger partial charge on any atom is -0.472 e. The monoisotopic (exact) mass is 297 g/mol. The number of likely N-dealkylation sites (tertiary alicyclic amines) is 2. The first kappa shape index (κ1) is 13.5. The number of hydrogen-bond acceptors (Lipinski definition) is 4. The van der Waals surface area contributed by atoms with Crippen LogP contribution in [0, 0.1) is 0 Å². The van der Waals surface area contributed by atoms with Crippen LogP contribution >= 0.6 is 0 Å². The second kappa shape index (κ2) is 5.57. The van der Waals surface area contributed by atoms with Crippen molar-refractivity contribution in [3.8, 4) is 0 Å². The summed E-state index contributed by atoms with van der Waals surface area (Å²) in [6.07, 6.45) is 8.78. The second-order valence-electron chi connectivity index (χ2n) is 6.11. The summed E-state index contributed by atoms with van der Waals surface area (Å²) in [4.78, 5) is 21.0. The van der Waals surface area contributed by atoms with Crippen molar-refractivity contribution < 1.29 is 9.21 Å². The van der Waals surface area contributed by atoms with E-state index in [4.69, 9.17) is 4.42 Å². The van der Waals surface area contributed by atoms with Gasteiger partial charge in [-0.1, -0.05) is 6.07 Å². The average Bonchev–Trinajstić information content (AvgIpc) is 3.23. The van der Waals surface area contributed by atoms with Gasteiger partial charge in [0.25, 0.3) is 0 Å². The van der Waals surface area contributed by atoms with Crippen LogP contribution in [0.25, 0.3) is 0 Å². The Bertz CT molecular complexity index is 641. The molecule has 2 aromatic heterocycles. The molecular formula is C17H19N3O2. The number of carbonyl (C=O) groups excluding carboxylic acids is 1. The zero-order valence-electron chi connectivity index (χ0n) is 12.4. The number of furan rings is 1. The van der Waals surface area contributed by atoms with E-state index in [-0.39, 0.29) is 5.91 Å². The Morgan fingerprint density at radius 3 is 2.95 bits per heavy atom. The second-order valence-corrected chi connectivity index (χ2v) is 6.11. The first-order chi connectivity index (χ1) is 10.8. The van der Waals surface area contributed by atoms with Crippen LogP contribution < -0.4 is 0 Å². The van der Waals surface area contributed by atoms with Gasteiger partial charge >= 0.3 is 0 Å². The highest BCUT2D eigenvalue weighted by Crippen LogP contribution is 2.34. The van der Waals surface area contributed by atoms with E-state index >= 15 is 0 Å². The maximum absolute atomic E-state index is 12.4. The van der Waals surface area contributed by atoms with Crippen LogP contribution in [-0.4, -0.2) is 39.3 Å². The summed E-state index contributed by atoms with van der Waals surface area (Å²) < 4.78 is 5.15. The topological polar surface area (TPSA) is 49.6 Å². The molecule has 4 heterocycles. The molecule has 2 saturated heterocycles. The Morgan fingerprint density at radius 1 is 1.23 bits per heavy atom. The minimum atomic E-state index is 0.260. The molecule has 1 amide bonds. The fourth-order valence-electron chi connectivity index (χ4n) is 3.72. The van der Waals surface area contributed by atoms with Gasteiger partial charge in [-0.05, 0) is 24.1 Å². The lowest BCUT2D eigenvalue weighted by molar-refractivity contribution is -0.129. The van der Waals surface area contributed by atoms with Crippen LogP contribution in [0.5, 0.6) is 0 Å². The normalized spacial score (nSPS) is 24.9. The van der Waals surface area contributed by atoms with Crippen LogP contribution in [0.1, 0.15) is 24.0 Å². The van der Waals surface area contributed by atoms with E-state index in [1.807, 2.05) is 29.3 Å². The first-order valence-electron chi connectivity index (χ1n) is 7.75. The highest BCUT2D eigenvalue weighted by molar-refractivity contribution is 5.80. The Balaban J connectivity index is 1.47. The molecule has 0 bridgehead atoms. The third-order valence-corrected chi connectivity index (χ3v) is 4.77. The Morgan fingerprint density at radius 2 is 2.18 bits per heavy atom. The Hall–Kier alpha value is -2.14. The number of pyridine rings is 1. The number of rotatable bonds is 4. The van der Waals surface area contributed by atoms with E-state index in [9.17, 15) is 4.79 Å². The smallest absolute Gasteiger partial charge is 0.224 e. The van der Waals surface area contributed by atoms with Gasteiger partial charge in [0.05, 0.1) is 12.5 Å². The van der Waals surface area contributed by atoms with Crippen LogP contribution in [0.4, 0.5) is 0 Å². The summed E-state index contributed by atoms with van der Waals surface area (Å²) in [5.74, 6) is 0.260. The number of aromatic nitrogens is 1. The van der Waals surface area contributed by atoms with E-state index < -0.39 is 0 Å². The van der Waals surface area contributed by atoms with Gasteiger partial charge in [-0.25, -0.2) is 0 Å². The molecule has 0 radical (unpaired) electrons. The molecule has 2 aliphatic rings. The van der Waals surface area contributed by atoms with Crippen molar-refractivity contribution in [1.82, 2.24) is 14.8 Å². The third-order valence-electron chi connectivity index (χ3n) is 4.77. The van der Waals surface area contributed by atoms with Gasteiger partial charge in [0.15, 0.2) is 0 Å². The van der Waals surface area contributed by atoms with Gasteiger partial charge in [0.2, 0.25) is 5.91 Å². The number of amides is 1. The maximum atomic E-state index is 12.4. The number of carbonyl (C=O) groups is 1. The third kappa shape index (κ3) is 2.41. The molecule has 2 atom stereocenters. The van der Waals surface area contributed by atoms with Gasteiger partial charge in [-0.15, -0.1) is 0 Å². The van der Waals surface area contributed by atoms with E-state index in [1.54, 1.807) is 18.7 Å². The predicted molar refractivity (Wildman–Crippen MR) is 80.7 cm³/mol. The largest absolute Gasteiger partial charge is 0.472 e. The SMILES string of the molecule is O=C1C[C@H]2[C@@H](CCN2Cc2ccoc2)N1Cc1cccnc1. The number of hydrogen-bond donors (Lipinski definition) is 0. The zero-order valence-corrected chi connectivity index (χ0v) is 12.4. The molecule has 114 valence electrons. The highest BCUT2D eigenvalue weighted by atomic mass is 16.3. The molecule has 0 aromatic carbocycles. The molecule has 2 aromatic rings. The lowest BCUT2D eigenvalue weighted by atomic mass is 10.1. The molecule has 0 saturated carbocycles. The van der Waals surface area contributed by atoms with E-state index in [1.165, 1.54) is 5.56 Å². The highest BCUT2D eigenvalue weighted by Gasteiger charge is 2.46. The molecule has 22 heavy (non-hydrogen) atoms. The lowest BCUT2D eigenvalue weighted by Crippen LogP contribution is -2.36. The molecule has 2 fully saturated rings. The molecule has 0 spiro atoms. The summed E-state index contributed by atoms with van der Waals surface area (Å²) in [5.41, 5.74) is 2.28. The lowest BCUT2D eigenvalue weighted by Gasteiger charge is -2.25. The number of nitrogens with zero attached hydrogens (tertiary/aromatic N) is 3. The number of fused-ring (bicyclic) bond motifs is 1. The fraction of sp³-hybridized carbons (Fsp3) is 0.412. The predicted octanol–water partition coefficient (Wildman–Crippen LogP) is 2.05. The van der Waals surface area contributed by atoms with Crippen LogP contribution in [-0.2, 0) is 17.9 Å². The Kier molecular flexibility index (Phi) is 3.42. The Labute approximate surface area is 129 Å². The first-order valence-corrected chi connectivity index (χ1v) is 7.75. The summed E-state index contributed by atoms with van der Waals surface area (Å²) in [7, 11) is 0. The zero-order chi connectivity index (χ0) is 14.9. The molecule has 5 heteroatoms. The van der Waals surface area contributed by atoms with Crippen molar-refractivity contribution in [2.75, 3.05) is 6.54 Å². The average molecular weight is 297 g/mol. The summed E-state index contributed by atoms with van der Waals surface area (Å²) in [6, 6.07) is 6.62. The van der Waals surface area contributed by atoms with Crippen molar-refractivity contribution in [2.45, 2.75) is 38.0 Å². The molecule has 5 nitrogen and oxygen atoms in total. The van der Waals surface area contributed by atoms with Crippen LogP contribution in [0.15, 0.2) is 47.5 Å². The quantitative estimate of drug-likeness (QED) is 0.866. The van der Waals surface area contributed by atoms with Crippen molar-refractivity contribution >= 4 is 5.91 Å². The molecule has 0 N–H and O–H groups in total. The van der Waals surface area contributed by atoms with Crippen LogP contribution in [0.2, 0.25) is 0 Å². The summed E-state index contributed by atoms with van der Waals surface area (Å²) in [5, 5.41) is 0. The summed E-state index contributed by atoms with van der Waals surface area (Å²) in [6.45, 7) is 2.58. The fourth-order valence-corrected chi connectivity index (χ4v) is 3.72. The molecule has 0 aliphatic carbocycles. The van der Waals surface area contributed by atoms with E-state index in [0.717, 1.165) is 25.1 Å². The van der Waals surface area contributed by atoms with Crippen molar-refractivity contribution in [2.24, 2.45) is 0 Å². The van der Waals surface area contributed by atoms with Gasteiger partial charge < -0.3 is 9.32 Å². The van der Waals surface area contributed by atoms with Crippen molar-refractivity contribution in [3.63, 3.8) is 0 Å². The van der Waals surface area contributed by atoms with Gasteiger partial charge in [0, 0.05) is 56.1 Å². The standard InChI is InChI=1S/C17H19N3O2/c21-17-8-16-15(20(17)11-13-2-1-5-18-9-13)3-6-19(16)10-14-4-7-22-12-14/h1-2,4-5,7,9,12,15-16H,3,6,8,10-11H2/t15-,16+/m1/s1. The van der Waals surface area contributed by atoms with Crippen molar-refractivity contribution in [3.05, 3.63) is 54.2 Å². The van der Waals surface area contributed by atoms with Crippen LogP contribution in [0.3, 0.4) is 0 Å². The van der Waals surface area contributed by atoms with Gasteiger partial charge in [-0.2, -0.15) is 0 Å². The minimum absolute atomic E-state index is 0.260. The van der Waals surface area contributed by atoms with E-state index in [0.29, 0.717) is 25.0 Å². The molecule has 2 aliphatic heterocycles. The van der Waals surface area contributed by atoms with Gasteiger partial charge in [-0.3, -0.25) is 14.7 Å². The summed E-state index contributed by atoms with van der Waals surface area (Å²) >= 11 is 0. The van der Waals surface area contributed by atoms with Gasteiger partial charge in [0.1, 0.15) is 0 Å². The van der Waals surface area contributed by atoms with Crippen molar-refractivity contribution in [1.29, 1.82) is 0 Å². The molecular weight excluding hydrogens is 278 g/mol. The van der Waals surface area contributed by atoms with E-state index in [2.05, 4.69) is 9.88 Å². The molecule has 4 rings (SSSR count). The maximum Gasteiger partial charge on any atom is 0.224 e.